The van der Waals surface area contributed by atoms with Crippen molar-refractivity contribution >= 4 is 21.6 Å². The quantitative estimate of drug-likeness (QED) is 0.904. The molecule has 0 fully saturated rings. The van der Waals surface area contributed by atoms with Crippen LogP contribution in [0.15, 0.2) is 22.7 Å². The van der Waals surface area contributed by atoms with Gasteiger partial charge in [-0.05, 0) is 54.4 Å². The number of nitrogens with one attached hydrogen (secondary N) is 1. The monoisotopic (exact) mass is 296 g/mol. The third kappa shape index (κ3) is 4.37. The van der Waals surface area contributed by atoms with Gasteiger partial charge in [0.05, 0.1) is 11.2 Å². The van der Waals surface area contributed by atoms with E-state index >= 15 is 0 Å². The second-order valence-corrected chi connectivity index (χ2v) is 5.30. The lowest BCUT2D eigenvalue weighted by Crippen LogP contribution is -2.25. The van der Waals surface area contributed by atoms with Crippen molar-refractivity contribution in [2.75, 3.05) is 19.0 Å². The summed E-state index contributed by atoms with van der Waals surface area (Å²) in [6, 6.07) is 7.74. The molecule has 17 heavy (non-hydrogen) atoms. The summed E-state index contributed by atoms with van der Waals surface area (Å²) in [4.78, 5) is 0. The Morgan fingerprint density at radius 2 is 2.18 bits per heavy atom. The Hall–Kier alpha value is -1.05. The van der Waals surface area contributed by atoms with E-state index in [2.05, 4.69) is 41.2 Å². The van der Waals surface area contributed by atoms with Crippen LogP contribution in [0, 0.1) is 11.3 Å². The third-order valence-electron chi connectivity index (χ3n) is 2.70. The molecule has 0 bridgehead atoms. The van der Waals surface area contributed by atoms with Crippen molar-refractivity contribution in [1.82, 2.24) is 0 Å². The molecule has 0 aromatic heterocycles. The largest absolute Gasteiger partial charge is 0.385 e. The zero-order chi connectivity index (χ0) is 12.9. The Balaban J connectivity index is 2.54. The fourth-order valence-electron chi connectivity index (χ4n) is 1.33. The average Bonchev–Trinajstić information content (AvgIpc) is 2.29. The maximum atomic E-state index is 8.81. The molecule has 0 saturated carbocycles. The van der Waals surface area contributed by atoms with Crippen molar-refractivity contribution in [2.45, 2.75) is 25.9 Å². The number of methoxy groups -OCH3 is 1. The molecule has 3 nitrogen and oxygen atoms in total. The lowest BCUT2D eigenvalue weighted by molar-refractivity contribution is 0.0185. The molecule has 1 N–H and O–H groups in total. The molecular weight excluding hydrogens is 280 g/mol. The van der Waals surface area contributed by atoms with Gasteiger partial charge in [0.25, 0.3) is 0 Å². The number of rotatable bonds is 5. The molecule has 92 valence electrons. The Labute approximate surface area is 111 Å². The van der Waals surface area contributed by atoms with E-state index in [1.165, 1.54) is 0 Å². The fourth-order valence-corrected chi connectivity index (χ4v) is 1.79. The number of benzene rings is 1. The van der Waals surface area contributed by atoms with Gasteiger partial charge < -0.3 is 10.1 Å². The highest BCUT2D eigenvalue weighted by atomic mass is 79.9. The van der Waals surface area contributed by atoms with Crippen molar-refractivity contribution in [3.8, 4) is 6.07 Å². The Morgan fingerprint density at radius 1 is 1.47 bits per heavy atom. The molecule has 0 atom stereocenters. The zero-order valence-electron chi connectivity index (χ0n) is 10.4. The highest BCUT2D eigenvalue weighted by Gasteiger charge is 2.15. The molecule has 1 aromatic rings. The fraction of sp³-hybridized carbons (Fsp3) is 0.462. The van der Waals surface area contributed by atoms with Crippen molar-refractivity contribution < 1.29 is 4.74 Å². The molecule has 0 spiro atoms. The minimum absolute atomic E-state index is 0.114. The van der Waals surface area contributed by atoms with Crippen molar-refractivity contribution in [2.24, 2.45) is 0 Å². The SMILES string of the molecule is COC(C)(C)CCNc1ccc(C#N)c(Br)c1. The van der Waals surface area contributed by atoms with Gasteiger partial charge in [-0.3, -0.25) is 0 Å². The standard InChI is InChI=1S/C13H17BrN2O/c1-13(2,17-3)6-7-16-11-5-4-10(9-15)12(14)8-11/h4-5,8,16H,6-7H2,1-3H3. The van der Waals surface area contributed by atoms with E-state index < -0.39 is 0 Å². The first-order valence-corrected chi connectivity index (χ1v) is 6.26. The topological polar surface area (TPSA) is 45.0 Å². The van der Waals surface area contributed by atoms with Gasteiger partial charge in [0.1, 0.15) is 6.07 Å². The summed E-state index contributed by atoms with van der Waals surface area (Å²) >= 11 is 3.37. The van der Waals surface area contributed by atoms with Gasteiger partial charge in [-0.1, -0.05) is 0 Å². The molecule has 0 aliphatic rings. The summed E-state index contributed by atoms with van der Waals surface area (Å²) in [5, 5.41) is 12.1. The summed E-state index contributed by atoms with van der Waals surface area (Å²) in [6.07, 6.45) is 0.918. The van der Waals surface area contributed by atoms with E-state index in [0.29, 0.717) is 5.56 Å². The van der Waals surface area contributed by atoms with Crippen LogP contribution in [0.2, 0.25) is 0 Å². The van der Waals surface area contributed by atoms with Crippen LogP contribution in [-0.4, -0.2) is 19.3 Å². The predicted molar refractivity (Wildman–Crippen MR) is 73.1 cm³/mol. The Bertz CT molecular complexity index is 424. The first-order valence-electron chi connectivity index (χ1n) is 5.47. The second-order valence-electron chi connectivity index (χ2n) is 4.45. The predicted octanol–water partition coefficient (Wildman–Crippen LogP) is 3.55. The van der Waals surface area contributed by atoms with Gasteiger partial charge in [-0.15, -0.1) is 0 Å². The minimum Gasteiger partial charge on any atom is -0.385 e. The molecule has 0 aliphatic heterocycles. The summed E-state index contributed by atoms with van der Waals surface area (Å²) in [7, 11) is 1.72. The van der Waals surface area contributed by atoms with Crippen molar-refractivity contribution in [3.63, 3.8) is 0 Å². The van der Waals surface area contributed by atoms with Crippen LogP contribution in [0.1, 0.15) is 25.8 Å². The van der Waals surface area contributed by atoms with E-state index in [9.17, 15) is 0 Å². The molecule has 0 radical (unpaired) electrons. The van der Waals surface area contributed by atoms with Crippen LogP contribution < -0.4 is 5.32 Å². The number of nitriles is 1. The minimum atomic E-state index is -0.114. The molecule has 1 aromatic carbocycles. The van der Waals surface area contributed by atoms with Crippen LogP contribution in [0.25, 0.3) is 0 Å². The number of halogens is 1. The van der Waals surface area contributed by atoms with Gasteiger partial charge in [0, 0.05) is 23.8 Å². The lowest BCUT2D eigenvalue weighted by atomic mass is 10.1. The molecule has 0 saturated heterocycles. The molecule has 4 heteroatoms. The summed E-state index contributed by atoms with van der Waals surface area (Å²) in [6.45, 7) is 4.95. The Kier molecular flexibility index (Phi) is 4.98. The lowest BCUT2D eigenvalue weighted by Gasteiger charge is -2.23. The number of ether oxygens (including phenoxy) is 1. The smallest absolute Gasteiger partial charge is 0.100 e. The number of anilines is 1. The number of hydrogen-bond donors (Lipinski definition) is 1. The van der Waals surface area contributed by atoms with Crippen LogP contribution in [-0.2, 0) is 4.74 Å². The molecular formula is C13H17BrN2O. The number of nitrogens with zero attached hydrogens (tertiary/aromatic N) is 1. The van der Waals surface area contributed by atoms with Crippen LogP contribution >= 0.6 is 15.9 Å². The highest BCUT2D eigenvalue weighted by molar-refractivity contribution is 9.10. The van der Waals surface area contributed by atoms with Crippen LogP contribution in [0.3, 0.4) is 0 Å². The van der Waals surface area contributed by atoms with E-state index in [0.717, 1.165) is 23.1 Å². The normalized spacial score (nSPS) is 11.0. The molecule has 0 amide bonds. The van der Waals surface area contributed by atoms with Crippen LogP contribution in [0.5, 0.6) is 0 Å². The van der Waals surface area contributed by atoms with E-state index in [4.69, 9.17) is 10.00 Å². The van der Waals surface area contributed by atoms with E-state index in [1.807, 2.05) is 12.1 Å². The van der Waals surface area contributed by atoms with Gasteiger partial charge in [-0.2, -0.15) is 5.26 Å². The van der Waals surface area contributed by atoms with Crippen LogP contribution in [0.4, 0.5) is 5.69 Å². The van der Waals surface area contributed by atoms with Crippen molar-refractivity contribution in [3.05, 3.63) is 28.2 Å². The first kappa shape index (κ1) is 14.0. The average molecular weight is 297 g/mol. The Morgan fingerprint density at radius 3 is 2.71 bits per heavy atom. The first-order chi connectivity index (χ1) is 7.98. The number of hydrogen-bond acceptors (Lipinski definition) is 3. The van der Waals surface area contributed by atoms with Gasteiger partial charge in [0.2, 0.25) is 0 Å². The van der Waals surface area contributed by atoms with E-state index in [-0.39, 0.29) is 5.60 Å². The van der Waals surface area contributed by atoms with Gasteiger partial charge >= 0.3 is 0 Å². The summed E-state index contributed by atoms with van der Waals surface area (Å²) in [5.74, 6) is 0. The summed E-state index contributed by atoms with van der Waals surface area (Å²) < 4.78 is 6.16. The van der Waals surface area contributed by atoms with Gasteiger partial charge in [0.15, 0.2) is 0 Å². The molecule has 1 rings (SSSR count). The second kappa shape index (κ2) is 6.04. The highest BCUT2D eigenvalue weighted by Crippen LogP contribution is 2.21. The summed E-state index contributed by atoms with van der Waals surface area (Å²) in [5.41, 5.74) is 1.53. The maximum absolute atomic E-state index is 8.81. The maximum Gasteiger partial charge on any atom is 0.100 e. The molecule has 0 heterocycles. The van der Waals surface area contributed by atoms with Gasteiger partial charge in [-0.25, -0.2) is 0 Å². The molecule has 0 aliphatic carbocycles. The van der Waals surface area contributed by atoms with Crippen molar-refractivity contribution in [1.29, 1.82) is 5.26 Å². The zero-order valence-corrected chi connectivity index (χ0v) is 12.0. The molecule has 0 unspecified atom stereocenters. The van der Waals surface area contributed by atoms with E-state index in [1.54, 1.807) is 13.2 Å². The third-order valence-corrected chi connectivity index (χ3v) is 3.35.